The Labute approximate surface area is 229 Å². The fourth-order valence-electron chi connectivity index (χ4n) is 3.45. The Hall–Kier alpha value is -3.34. The van der Waals surface area contributed by atoms with Gasteiger partial charge in [0.15, 0.2) is 5.11 Å². The van der Waals surface area contributed by atoms with E-state index in [9.17, 15) is 14.4 Å². The smallest absolute Gasteiger partial charge is 0.335 e. The van der Waals surface area contributed by atoms with Crippen molar-refractivity contribution in [2.24, 2.45) is 0 Å². The largest absolute Gasteiger partial charge is 0.487 e. The highest BCUT2D eigenvalue weighted by Crippen LogP contribution is 2.36. The van der Waals surface area contributed by atoms with Gasteiger partial charge in [-0.2, -0.15) is 0 Å². The van der Waals surface area contributed by atoms with Gasteiger partial charge < -0.3 is 9.84 Å². The number of aromatic carboxylic acids is 1. The van der Waals surface area contributed by atoms with Crippen LogP contribution in [0.25, 0.3) is 6.08 Å². The number of hydrogen-bond donors (Lipinski definition) is 2. The lowest BCUT2D eigenvalue weighted by atomic mass is 10.1. The predicted molar refractivity (Wildman–Crippen MR) is 147 cm³/mol. The minimum absolute atomic E-state index is 0.0218. The van der Waals surface area contributed by atoms with Gasteiger partial charge in [-0.15, -0.1) is 0 Å². The summed E-state index contributed by atoms with van der Waals surface area (Å²) in [6.07, 6.45) is 1.49. The minimum Gasteiger partial charge on any atom is -0.487 e. The van der Waals surface area contributed by atoms with Crippen molar-refractivity contribution >= 4 is 78.7 Å². The molecule has 0 aromatic heterocycles. The van der Waals surface area contributed by atoms with Crippen molar-refractivity contribution in [2.45, 2.75) is 13.5 Å². The van der Waals surface area contributed by atoms with Crippen molar-refractivity contribution in [2.75, 3.05) is 4.90 Å². The maximum absolute atomic E-state index is 13.2. The zero-order valence-electron chi connectivity index (χ0n) is 18.7. The van der Waals surface area contributed by atoms with Crippen LogP contribution < -0.4 is 15.0 Å². The zero-order valence-corrected chi connectivity index (χ0v) is 22.7. The van der Waals surface area contributed by atoms with Gasteiger partial charge in [-0.05, 0) is 105 Å². The van der Waals surface area contributed by atoms with E-state index in [2.05, 4.69) is 37.2 Å². The molecule has 0 atom stereocenters. The van der Waals surface area contributed by atoms with E-state index in [0.717, 1.165) is 11.1 Å². The lowest BCUT2D eigenvalue weighted by Crippen LogP contribution is -2.54. The number of hydrogen-bond acceptors (Lipinski definition) is 5. The first-order valence-electron chi connectivity index (χ1n) is 10.6. The molecule has 4 rings (SSSR count). The Kier molecular flexibility index (Phi) is 7.67. The average Bonchev–Trinajstić information content (AvgIpc) is 2.82. The third-order valence-electron chi connectivity index (χ3n) is 5.31. The molecule has 36 heavy (non-hydrogen) atoms. The highest BCUT2D eigenvalue weighted by Gasteiger charge is 2.34. The number of aryl methyl sites for hydroxylation is 1. The van der Waals surface area contributed by atoms with Crippen LogP contribution in [-0.4, -0.2) is 28.0 Å². The van der Waals surface area contributed by atoms with Gasteiger partial charge in [0.25, 0.3) is 11.8 Å². The third-order valence-corrected chi connectivity index (χ3v) is 6.77. The molecule has 1 heterocycles. The van der Waals surface area contributed by atoms with Crippen molar-refractivity contribution in [1.82, 2.24) is 5.32 Å². The van der Waals surface area contributed by atoms with Crippen molar-refractivity contribution in [3.8, 4) is 5.75 Å². The number of carboxylic acids is 1. The van der Waals surface area contributed by atoms with Gasteiger partial charge in [0, 0.05) is 0 Å². The lowest BCUT2D eigenvalue weighted by molar-refractivity contribution is -0.122. The predicted octanol–water partition coefficient (Wildman–Crippen LogP) is 5.63. The molecule has 1 fully saturated rings. The number of anilines is 1. The second-order valence-corrected chi connectivity index (χ2v) is 9.99. The van der Waals surface area contributed by atoms with Crippen molar-refractivity contribution in [3.05, 3.63) is 97.4 Å². The summed E-state index contributed by atoms with van der Waals surface area (Å²) < 4.78 is 7.10. The highest BCUT2D eigenvalue weighted by atomic mass is 79.9. The van der Waals surface area contributed by atoms with E-state index in [-0.39, 0.29) is 22.9 Å². The Balaban J connectivity index is 1.57. The lowest BCUT2D eigenvalue weighted by Gasteiger charge is -2.29. The summed E-state index contributed by atoms with van der Waals surface area (Å²) in [5.41, 5.74) is 3.10. The first-order valence-corrected chi connectivity index (χ1v) is 12.6. The standard InChI is InChI=1S/C26H18Br2N2O5S/c1-14-2-8-18(9-3-14)30-24(32)19(23(31)29-26(30)36)10-16-11-20(27)22(21(28)12-16)35-13-15-4-6-17(7-5-15)25(33)34/h2-12H,13H2,1H3,(H,33,34)(H,29,31,36)/b19-10+. The van der Waals surface area contributed by atoms with E-state index in [0.29, 0.717) is 25.9 Å². The molecule has 0 bridgehead atoms. The maximum Gasteiger partial charge on any atom is 0.335 e. The molecule has 0 aliphatic carbocycles. The quantitative estimate of drug-likeness (QED) is 0.209. The number of carboxylic acid groups (broad SMARTS) is 1. The van der Waals surface area contributed by atoms with Gasteiger partial charge in [-0.3, -0.25) is 19.8 Å². The highest BCUT2D eigenvalue weighted by molar-refractivity contribution is 9.11. The molecule has 1 saturated heterocycles. The van der Waals surface area contributed by atoms with Crippen molar-refractivity contribution in [3.63, 3.8) is 0 Å². The van der Waals surface area contributed by atoms with Gasteiger partial charge in [0.05, 0.1) is 20.2 Å². The molecule has 0 unspecified atom stereocenters. The number of thiocarbonyl (C=S) groups is 1. The molecule has 3 aromatic rings. The van der Waals surface area contributed by atoms with Crippen LogP contribution in [0.3, 0.4) is 0 Å². The van der Waals surface area contributed by atoms with Gasteiger partial charge >= 0.3 is 5.97 Å². The van der Waals surface area contributed by atoms with Crippen LogP contribution in [-0.2, 0) is 16.2 Å². The zero-order chi connectivity index (χ0) is 26.0. The summed E-state index contributed by atoms with van der Waals surface area (Å²) in [6, 6.07) is 17.1. The Bertz CT molecular complexity index is 1400. The van der Waals surface area contributed by atoms with Crippen LogP contribution in [0.2, 0.25) is 0 Å². The summed E-state index contributed by atoms with van der Waals surface area (Å²) in [7, 11) is 0. The average molecular weight is 630 g/mol. The molecule has 10 heteroatoms. The fraction of sp³-hybridized carbons (Fsp3) is 0.0769. The summed E-state index contributed by atoms with van der Waals surface area (Å²) >= 11 is 12.2. The Morgan fingerprint density at radius 3 is 2.25 bits per heavy atom. The second-order valence-electron chi connectivity index (χ2n) is 7.90. The first-order chi connectivity index (χ1) is 17.1. The second kappa shape index (κ2) is 10.7. The summed E-state index contributed by atoms with van der Waals surface area (Å²) in [6.45, 7) is 2.15. The van der Waals surface area contributed by atoms with E-state index in [1.54, 1.807) is 36.4 Å². The molecule has 0 spiro atoms. The molecule has 0 saturated carbocycles. The molecule has 0 radical (unpaired) electrons. The van der Waals surface area contributed by atoms with E-state index >= 15 is 0 Å². The minimum atomic E-state index is -0.994. The first kappa shape index (κ1) is 25.7. The number of rotatable bonds is 6. The van der Waals surface area contributed by atoms with E-state index in [1.807, 2.05) is 19.1 Å². The van der Waals surface area contributed by atoms with Crippen molar-refractivity contribution < 1.29 is 24.2 Å². The molecule has 1 aliphatic heterocycles. The van der Waals surface area contributed by atoms with Crippen LogP contribution >= 0.6 is 44.1 Å². The van der Waals surface area contributed by atoms with Crippen LogP contribution in [0.15, 0.2) is 75.2 Å². The van der Waals surface area contributed by atoms with Gasteiger partial charge in [-0.1, -0.05) is 29.8 Å². The van der Waals surface area contributed by atoms with E-state index in [4.69, 9.17) is 22.1 Å². The molecule has 7 nitrogen and oxygen atoms in total. The maximum atomic E-state index is 13.2. The topological polar surface area (TPSA) is 95.9 Å². The number of nitrogens with one attached hydrogen (secondary N) is 1. The number of benzene rings is 3. The molecule has 1 aliphatic rings. The van der Waals surface area contributed by atoms with Crippen LogP contribution in [0.5, 0.6) is 5.75 Å². The molecule has 182 valence electrons. The normalized spacial score (nSPS) is 14.7. The monoisotopic (exact) mass is 628 g/mol. The number of carbonyl (C=O) groups is 3. The summed E-state index contributed by atoms with van der Waals surface area (Å²) in [4.78, 5) is 38.1. The number of halogens is 2. The van der Waals surface area contributed by atoms with Gasteiger partial charge in [0.2, 0.25) is 0 Å². The molecule has 2 amide bonds. The molecular formula is C26H18Br2N2O5S. The fourth-order valence-corrected chi connectivity index (χ4v) is 5.18. The third kappa shape index (κ3) is 5.56. The summed E-state index contributed by atoms with van der Waals surface area (Å²) in [5, 5.41) is 11.6. The van der Waals surface area contributed by atoms with E-state index < -0.39 is 17.8 Å². The van der Waals surface area contributed by atoms with Crippen LogP contribution in [0.1, 0.15) is 27.0 Å². The van der Waals surface area contributed by atoms with Crippen LogP contribution in [0, 0.1) is 6.92 Å². The number of amides is 2. The molecule has 3 aromatic carbocycles. The number of carbonyl (C=O) groups excluding carboxylic acids is 2. The Morgan fingerprint density at radius 1 is 1.06 bits per heavy atom. The van der Waals surface area contributed by atoms with Crippen molar-refractivity contribution in [1.29, 1.82) is 0 Å². The van der Waals surface area contributed by atoms with E-state index in [1.165, 1.54) is 23.1 Å². The number of nitrogens with zero attached hydrogens (tertiary/aromatic N) is 1. The SMILES string of the molecule is Cc1ccc(N2C(=O)/C(=C/c3cc(Br)c(OCc4ccc(C(=O)O)cc4)c(Br)c3)C(=O)NC2=S)cc1. The van der Waals surface area contributed by atoms with Gasteiger partial charge in [-0.25, -0.2) is 4.79 Å². The molecule has 2 N–H and O–H groups in total. The van der Waals surface area contributed by atoms with Crippen LogP contribution in [0.4, 0.5) is 5.69 Å². The van der Waals surface area contributed by atoms with Gasteiger partial charge in [0.1, 0.15) is 17.9 Å². The molecular weight excluding hydrogens is 612 g/mol. The Morgan fingerprint density at radius 2 is 1.67 bits per heavy atom. The number of ether oxygens (including phenoxy) is 1. The summed E-state index contributed by atoms with van der Waals surface area (Å²) in [5.74, 6) is -1.58.